The molecule has 12 heteroatoms. The lowest BCUT2D eigenvalue weighted by atomic mass is 9.85. The first-order valence-electron chi connectivity index (χ1n) is 10.7. The molecule has 0 radical (unpaired) electrons. The Bertz CT molecular complexity index is 1260. The molecule has 4 rings (SSSR count). The van der Waals surface area contributed by atoms with Crippen molar-refractivity contribution < 1.29 is 22.0 Å². The predicted octanol–water partition coefficient (Wildman–Crippen LogP) is 5.79. The normalized spacial score (nSPS) is 20.2. The highest BCUT2D eigenvalue weighted by molar-refractivity contribution is 5.60. The van der Waals surface area contributed by atoms with Crippen molar-refractivity contribution in [3.05, 3.63) is 53.5 Å². The Hall–Kier alpha value is -3.88. The summed E-state index contributed by atoms with van der Waals surface area (Å²) < 4.78 is 67.6. The van der Waals surface area contributed by atoms with Gasteiger partial charge in [-0.1, -0.05) is 6.07 Å². The summed E-state index contributed by atoms with van der Waals surface area (Å²) in [6, 6.07) is 8.54. The molecule has 1 aromatic carbocycles. The third-order valence-corrected chi connectivity index (χ3v) is 5.55. The first-order valence-corrected chi connectivity index (χ1v) is 10.7. The lowest BCUT2D eigenvalue weighted by molar-refractivity contribution is -0.141. The Balaban J connectivity index is 1.70. The third-order valence-electron chi connectivity index (χ3n) is 5.55. The Kier molecular flexibility index (Phi) is 6.51. The molecular formula is C23H20F5N7. The van der Waals surface area contributed by atoms with E-state index in [1.807, 2.05) is 6.07 Å². The summed E-state index contributed by atoms with van der Waals surface area (Å²) in [6.07, 6.45) is -2.98. The second kappa shape index (κ2) is 9.40. The fraction of sp³-hybridized carbons (Fsp3) is 0.348. The fourth-order valence-electron chi connectivity index (χ4n) is 3.73. The molecule has 3 aromatic rings. The number of hydrogen-bond acceptors (Lipinski definition) is 7. The van der Waals surface area contributed by atoms with Gasteiger partial charge in [-0.25, -0.2) is 13.8 Å². The number of anilines is 3. The number of nitrogens with one attached hydrogen (secondary N) is 2. The zero-order valence-corrected chi connectivity index (χ0v) is 18.5. The first-order chi connectivity index (χ1) is 16.5. The molecule has 2 N–H and O–H groups in total. The van der Waals surface area contributed by atoms with E-state index in [-0.39, 0.29) is 40.7 Å². The number of hydrogen-bond donors (Lipinski definition) is 2. The van der Waals surface area contributed by atoms with E-state index >= 15 is 0 Å². The van der Waals surface area contributed by atoms with E-state index in [4.69, 9.17) is 5.26 Å². The average Bonchev–Trinajstić information content (AvgIpc) is 2.79. The van der Waals surface area contributed by atoms with Gasteiger partial charge >= 0.3 is 6.18 Å². The van der Waals surface area contributed by atoms with Crippen LogP contribution in [0.1, 0.15) is 43.9 Å². The van der Waals surface area contributed by atoms with Gasteiger partial charge in [0, 0.05) is 11.7 Å². The topological polar surface area (TPSA) is 99.4 Å². The van der Waals surface area contributed by atoms with Crippen LogP contribution in [0.15, 0.2) is 36.4 Å². The van der Waals surface area contributed by atoms with Crippen molar-refractivity contribution in [1.82, 2.24) is 19.9 Å². The zero-order valence-electron chi connectivity index (χ0n) is 18.5. The molecule has 0 amide bonds. The van der Waals surface area contributed by atoms with Crippen LogP contribution in [0.5, 0.6) is 0 Å². The Labute approximate surface area is 197 Å². The molecule has 182 valence electrons. The lowest BCUT2D eigenvalue weighted by Gasteiger charge is -2.31. The van der Waals surface area contributed by atoms with Crippen molar-refractivity contribution in [1.29, 1.82) is 5.26 Å². The van der Waals surface area contributed by atoms with E-state index in [1.54, 1.807) is 6.92 Å². The number of nitrogens with zero attached hydrogens (tertiary/aromatic N) is 5. The van der Waals surface area contributed by atoms with Gasteiger partial charge in [0.2, 0.25) is 11.9 Å². The van der Waals surface area contributed by atoms with Crippen molar-refractivity contribution in [2.45, 2.75) is 50.5 Å². The maximum atomic E-state index is 14.2. The number of rotatable bonds is 5. The Morgan fingerprint density at radius 2 is 1.74 bits per heavy atom. The second-order valence-corrected chi connectivity index (χ2v) is 8.51. The van der Waals surface area contributed by atoms with Gasteiger partial charge in [-0.2, -0.15) is 33.4 Å². The van der Waals surface area contributed by atoms with Gasteiger partial charge in [-0.3, -0.25) is 0 Å². The summed E-state index contributed by atoms with van der Waals surface area (Å²) in [7, 11) is 0. The molecule has 35 heavy (non-hydrogen) atoms. The number of nitriles is 1. The van der Waals surface area contributed by atoms with E-state index in [0.29, 0.717) is 25.7 Å². The molecule has 1 aliphatic carbocycles. The van der Waals surface area contributed by atoms with Crippen molar-refractivity contribution in [3.8, 4) is 17.6 Å². The number of alkyl halides is 4. The number of aromatic nitrogens is 4. The van der Waals surface area contributed by atoms with E-state index in [2.05, 4.69) is 30.6 Å². The van der Waals surface area contributed by atoms with Gasteiger partial charge in [0.25, 0.3) is 0 Å². The van der Waals surface area contributed by atoms with E-state index in [0.717, 1.165) is 18.2 Å². The Morgan fingerprint density at radius 1 is 1.03 bits per heavy atom. The van der Waals surface area contributed by atoms with Crippen LogP contribution in [0, 0.1) is 17.1 Å². The smallest absolute Gasteiger partial charge is 0.351 e. The van der Waals surface area contributed by atoms with Crippen LogP contribution in [0.2, 0.25) is 0 Å². The molecule has 0 spiro atoms. The van der Waals surface area contributed by atoms with Crippen molar-refractivity contribution in [2.75, 3.05) is 10.6 Å². The molecule has 2 aromatic heterocycles. The van der Waals surface area contributed by atoms with Crippen LogP contribution in [0.25, 0.3) is 11.5 Å². The standard InChI is InChI=1S/C23H20F5N7/c1-22(25)7-5-15(6-8-22)30-20-33-19(17-3-2-4-18(32-17)23(26,27)28)34-21(35-20)31-16-10-13(12-29)9-14(24)11-16/h2-4,9-11,15H,5-8H2,1H3,(H2,30,31,33,34,35). The minimum absolute atomic E-state index is 0.0427. The van der Waals surface area contributed by atoms with Gasteiger partial charge in [0.15, 0.2) is 5.82 Å². The average molecular weight is 489 g/mol. The fourth-order valence-corrected chi connectivity index (χ4v) is 3.73. The van der Waals surface area contributed by atoms with Crippen molar-refractivity contribution in [2.24, 2.45) is 0 Å². The van der Waals surface area contributed by atoms with Crippen molar-refractivity contribution >= 4 is 17.6 Å². The Morgan fingerprint density at radius 3 is 2.43 bits per heavy atom. The monoisotopic (exact) mass is 489 g/mol. The highest BCUT2D eigenvalue weighted by Crippen LogP contribution is 2.33. The molecule has 0 unspecified atom stereocenters. The molecule has 7 nitrogen and oxygen atoms in total. The van der Waals surface area contributed by atoms with Gasteiger partial charge < -0.3 is 10.6 Å². The lowest BCUT2D eigenvalue weighted by Crippen LogP contribution is -2.33. The predicted molar refractivity (Wildman–Crippen MR) is 118 cm³/mol. The highest BCUT2D eigenvalue weighted by Gasteiger charge is 2.33. The van der Waals surface area contributed by atoms with Gasteiger partial charge in [0.1, 0.15) is 22.9 Å². The largest absolute Gasteiger partial charge is 0.433 e. The minimum atomic E-state index is -4.67. The summed E-state index contributed by atoms with van der Waals surface area (Å²) in [5.41, 5.74) is -2.31. The molecule has 2 heterocycles. The van der Waals surface area contributed by atoms with Crippen molar-refractivity contribution in [3.63, 3.8) is 0 Å². The van der Waals surface area contributed by atoms with Crippen LogP contribution in [0.4, 0.5) is 39.5 Å². The maximum absolute atomic E-state index is 14.2. The summed E-state index contributed by atoms with van der Waals surface area (Å²) in [5.74, 6) is -0.882. The van der Waals surface area contributed by atoms with Gasteiger partial charge in [-0.05, 0) is 62.9 Å². The highest BCUT2D eigenvalue weighted by atomic mass is 19.4. The summed E-state index contributed by atoms with van der Waals surface area (Å²) in [5, 5.41) is 14.9. The molecule has 0 saturated heterocycles. The van der Waals surface area contributed by atoms with Crippen LogP contribution in [-0.4, -0.2) is 31.6 Å². The van der Waals surface area contributed by atoms with Crippen LogP contribution in [-0.2, 0) is 6.18 Å². The maximum Gasteiger partial charge on any atom is 0.433 e. The molecule has 1 saturated carbocycles. The molecule has 0 aliphatic heterocycles. The molecule has 0 bridgehead atoms. The molecule has 1 fully saturated rings. The SMILES string of the molecule is CC1(F)CCC(Nc2nc(Nc3cc(F)cc(C#N)c3)nc(-c3cccc(C(F)(F)F)n3)n2)CC1. The van der Waals surface area contributed by atoms with E-state index in [1.165, 1.54) is 18.2 Å². The van der Waals surface area contributed by atoms with Gasteiger partial charge in [0.05, 0.1) is 11.6 Å². The van der Waals surface area contributed by atoms with Crippen LogP contribution < -0.4 is 10.6 Å². The number of halogens is 5. The molecule has 0 atom stereocenters. The van der Waals surface area contributed by atoms with E-state index in [9.17, 15) is 22.0 Å². The quantitative estimate of drug-likeness (QED) is 0.438. The molecular weight excluding hydrogens is 469 g/mol. The summed E-state index contributed by atoms with van der Waals surface area (Å²) in [6.45, 7) is 1.54. The minimum Gasteiger partial charge on any atom is -0.351 e. The summed E-state index contributed by atoms with van der Waals surface area (Å²) in [4.78, 5) is 16.3. The third kappa shape index (κ3) is 6.17. The van der Waals surface area contributed by atoms with Crippen LogP contribution in [0.3, 0.4) is 0 Å². The number of benzene rings is 1. The van der Waals surface area contributed by atoms with Crippen LogP contribution >= 0.6 is 0 Å². The van der Waals surface area contributed by atoms with Gasteiger partial charge in [-0.15, -0.1) is 0 Å². The number of pyridine rings is 1. The second-order valence-electron chi connectivity index (χ2n) is 8.51. The van der Waals surface area contributed by atoms with E-state index < -0.39 is 23.4 Å². The zero-order chi connectivity index (χ0) is 25.2. The molecule has 1 aliphatic rings. The first kappa shape index (κ1) is 24.3. The summed E-state index contributed by atoms with van der Waals surface area (Å²) >= 11 is 0.